The molecule has 4 nitrogen and oxygen atoms in total. The van der Waals surface area contributed by atoms with Gasteiger partial charge in [-0.05, 0) is 23.8 Å². The smallest absolute Gasteiger partial charge is 0.316 e. The number of thioether (sulfide) groups is 1. The first-order valence-corrected chi connectivity index (χ1v) is 8.49. The lowest BCUT2D eigenvalue weighted by atomic mass is 10.2. The zero-order chi connectivity index (χ0) is 15.4. The summed E-state index contributed by atoms with van der Waals surface area (Å²) in [6.45, 7) is 0.302. The molecule has 0 bridgehead atoms. The van der Waals surface area contributed by atoms with E-state index in [0.29, 0.717) is 6.61 Å². The number of thiazole rings is 1. The summed E-state index contributed by atoms with van der Waals surface area (Å²) >= 11 is 2.92. The number of carbonyl (C=O) groups excluding carboxylic acids is 1. The number of ether oxygens (including phenoxy) is 1. The molecule has 0 aliphatic heterocycles. The van der Waals surface area contributed by atoms with E-state index in [2.05, 4.69) is 4.98 Å². The van der Waals surface area contributed by atoms with Crippen molar-refractivity contribution in [1.29, 1.82) is 0 Å². The van der Waals surface area contributed by atoms with Crippen molar-refractivity contribution >= 4 is 45.0 Å². The predicted molar refractivity (Wildman–Crippen MR) is 91.0 cm³/mol. The number of fused-ring (bicyclic) bond motifs is 1. The monoisotopic (exact) mass is 330 g/mol. The zero-order valence-electron chi connectivity index (χ0n) is 11.7. The van der Waals surface area contributed by atoms with E-state index >= 15 is 0 Å². The van der Waals surface area contributed by atoms with Crippen LogP contribution in [0, 0.1) is 0 Å². The van der Waals surface area contributed by atoms with Crippen molar-refractivity contribution in [3.05, 3.63) is 54.1 Å². The summed E-state index contributed by atoms with van der Waals surface area (Å²) < 4.78 is 7.11. The van der Waals surface area contributed by atoms with Gasteiger partial charge in [-0.2, -0.15) is 0 Å². The van der Waals surface area contributed by atoms with Crippen LogP contribution in [0.25, 0.3) is 10.2 Å². The molecule has 0 saturated heterocycles. The van der Waals surface area contributed by atoms with Gasteiger partial charge in [0.15, 0.2) is 4.34 Å². The topological polar surface area (TPSA) is 65.2 Å². The number of hydrogen-bond acceptors (Lipinski definition) is 6. The summed E-state index contributed by atoms with van der Waals surface area (Å²) in [6.07, 6.45) is 0. The molecule has 0 unspecified atom stereocenters. The van der Waals surface area contributed by atoms with Gasteiger partial charge in [0.2, 0.25) is 0 Å². The minimum atomic E-state index is -0.243. The molecule has 112 valence electrons. The van der Waals surface area contributed by atoms with Gasteiger partial charge in [-0.15, -0.1) is 11.3 Å². The van der Waals surface area contributed by atoms with Crippen LogP contribution in [0.4, 0.5) is 5.69 Å². The summed E-state index contributed by atoms with van der Waals surface area (Å²) in [7, 11) is 0. The molecule has 2 aromatic carbocycles. The van der Waals surface area contributed by atoms with Crippen LogP contribution in [-0.2, 0) is 16.1 Å². The number of benzene rings is 2. The van der Waals surface area contributed by atoms with Crippen molar-refractivity contribution in [2.75, 3.05) is 11.5 Å². The lowest BCUT2D eigenvalue weighted by Crippen LogP contribution is -2.07. The molecule has 0 atom stereocenters. The first kappa shape index (κ1) is 14.9. The van der Waals surface area contributed by atoms with Gasteiger partial charge in [0, 0.05) is 5.69 Å². The van der Waals surface area contributed by atoms with Crippen molar-refractivity contribution in [3.63, 3.8) is 0 Å². The van der Waals surface area contributed by atoms with Crippen molar-refractivity contribution in [3.8, 4) is 0 Å². The molecule has 0 radical (unpaired) electrons. The molecule has 0 saturated carbocycles. The van der Waals surface area contributed by atoms with Crippen LogP contribution in [0.3, 0.4) is 0 Å². The van der Waals surface area contributed by atoms with E-state index in [4.69, 9.17) is 10.5 Å². The molecule has 3 aromatic rings. The number of carbonyl (C=O) groups is 1. The van der Waals surface area contributed by atoms with Crippen LogP contribution < -0.4 is 5.73 Å². The minimum Gasteiger partial charge on any atom is -0.460 e. The van der Waals surface area contributed by atoms with Gasteiger partial charge in [0.05, 0.1) is 16.0 Å². The van der Waals surface area contributed by atoms with E-state index in [0.717, 1.165) is 25.8 Å². The average molecular weight is 330 g/mol. The van der Waals surface area contributed by atoms with Crippen LogP contribution in [0.15, 0.2) is 52.9 Å². The number of anilines is 1. The lowest BCUT2D eigenvalue weighted by molar-refractivity contribution is -0.141. The van der Waals surface area contributed by atoms with Gasteiger partial charge in [-0.1, -0.05) is 42.1 Å². The number of nitrogens with zero attached hydrogens (tertiary/aromatic N) is 1. The maximum absolute atomic E-state index is 11.8. The summed E-state index contributed by atoms with van der Waals surface area (Å²) in [6, 6.07) is 15.2. The number of nitrogens with two attached hydrogens (primary N) is 1. The first-order chi connectivity index (χ1) is 10.7. The first-order valence-electron chi connectivity index (χ1n) is 6.69. The Labute approximate surface area is 136 Å². The van der Waals surface area contributed by atoms with Crippen LogP contribution in [-0.4, -0.2) is 16.7 Å². The summed E-state index contributed by atoms with van der Waals surface area (Å²) in [5.41, 5.74) is 8.35. The molecular formula is C16H14N2O2S2. The highest BCUT2D eigenvalue weighted by molar-refractivity contribution is 8.01. The highest BCUT2D eigenvalue weighted by Crippen LogP contribution is 2.30. The van der Waals surface area contributed by atoms with Crippen molar-refractivity contribution in [1.82, 2.24) is 4.98 Å². The minimum absolute atomic E-state index is 0.243. The highest BCUT2D eigenvalue weighted by Gasteiger charge is 2.09. The molecule has 1 heterocycles. The number of nitrogen functional groups attached to an aromatic ring is 1. The summed E-state index contributed by atoms with van der Waals surface area (Å²) in [5.74, 6) is 0.00918. The normalized spacial score (nSPS) is 10.7. The van der Waals surface area contributed by atoms with E-state index in [1.165, 1.54) is 23.1 Å². The quantitative estimate of drug-likeness (QED) is 0.439. The van der Waals surface area contributed by atoms with Gasteiger partial charge in [0.25, 0.3) is 0 Å². The Kier molecular flexibility index (Phi) is 4.60. The maximum atomic E-state index is 11.8. The third-order valence-corrected chi connectivity index (χ3v) is 5.08. The van der Waals surface area contributed by atoms with Crippen LogP contribution >= 0.6 is 23.1 Å². The van der Waals surface area contributed by atoms with E-state index in [-0.39, 0.29) is 11.7 Å². The van der Waals surface area contributed by atoms with Crippen molar-refractivity contribution < 1.29 is 9.53 Å². The number of esters is 1. The standard InChI is InChI=1S/C16H14N2O2S2/c17-12-6-7-13-14(8-12)22-16(18-13)21-10-15(19)20-9-11-4-2-1-3-5-11/h1-8H,9-10,17H2. The third kappa shape index (κ3) is 3.78. The van der Waals surface area contributed by atoms with E-state index in [9.17, 15) is 4.79 Å². The third-order valence-electron chi connectivity index (χ3n) is 2.95. The number of rotatable bonds is 5. The molecular weight excluding hydrogens is 316 g/mol. The largest absolute Gasteiger partial charge is 0.460 e. The Morgan fingerprint density at radius 3 is 2.86 bits per heavy atom. The molecule has 0 amide bonds. The van der Waals surface area contributed by atoms with Crippen molar-refractivity contribution in [2.24, 2.45) is 0 Å². The van der Waals surface area contributed by atoms with Crippen molar-refractivity contribution in [2.45, 2.75) is 10.9 Å². The maximum Gasteiger partial charge on any atom is 0.316 e. The second kappa shape index (κ2) is 6.81. The van der Waals surface area contributed by atoms with E-state index in [1.807, 2.05) is 48.5 Å². The van der Waals surface area contributed by atoms with Gasteiger partial charge < -0.3 is 10.5 Å². The SMILES string of the molecule is Nc1ccc2nc(SCC(=O)OCc3ccccc3)sc2c1. The predicted octanol–water partition coefficient (Wildman–Crippen LogP) is 3.71. The molecule has 0 spiro atoms. The molecule has 3 rings (SSSR count). The van der Waals surface area contributed by atoms with Crippen LogP contribution in [0.5, 0.6) is 0 Å². The number of aromatic nitrogens is 1. The van der Waals surface area contributed by atoms with Gasteiger partial charge in [0.1, 0.15) is 6.61 Å². The second-order valence-corrected chi connectivity index (χ2v) is 6.90. The van der Waals surface area contributed by atoms with E-state index in [1.54, 1.807) is 0 Å². The Bertz CT molecular complexity index is 787. The van der Waals surface area contributed by atoms with Gasteiger partial charge in [-0.3, -0.25) is 4.79 Å². The average Bonchev–Trinajstić information content (AvgIpc) is 2.94. The van der Waals surface area contributed by atoms with Gasteiger partial charge in [-0.25, -0.2) is 4.98 Å². The molecule has 0 aliphatic rings. The van der Waals surface area contributed by atoms with Crippen LogP contribution in [0.2, 0.25) is 0 Å². The Balaban J connectivity index is 1.53. The highest BCUT2D eigenvalue weighted by atomic mass is 32.2. The van der Waals surface area contributed by atoms with Crippen LogP contribution in [0.1, 0.15) is 5.56 Å². The molecule has 0 aliphatic carbocycles. The van der Waals surface area contributed by atoms with Gasteiger partial charge >= 0.3 is 5.97 Å². The fourth-order valence-electron chi connectivity index (χ4n) is 1.88. The summed E-state index contributed by atoms with van der Waals surface area (Å²) in [4.78, 5) is 16.2. The Morgan fingerprint density at radius 2 is 2.05 bits per heavy atom. The molecule has 2 N–H and O–H groups in total. The zero-order valence-corrected chi connectivity index (χ0v) is 13.3. The Hall–Kier alpha value is -2.05. The Morgan fingerprint density at radius 1 is 1.23 bits per heavy atom. The molecule has 6 heteroatoms. The molecule has 0 fully saturated rings. The number of hydrogen-bond donors (Lipinski definition) is 1. The molecule has 1 aromatic heterocycles. The fraction of sp³-hybridized carbons (Fsp3) is 0.125. The van der Waals surface area contributed by atoms with E-state index < -0.39 is 0 Å². The molecule has 22 heavy (non-hydrogen) atoms. The second-order valence-electron chi connectivity index (χ2n) is 4.64. The summed E-state index contributed by atoms with van der Waals surface area (Å²) in [5, 5.41) is 0. The fourth-order valence-corrected chi connectivity index (χ4v) is 3.80. The lowest BCUT2D eigenvalue weighted by Gasteiger charge is -2.03.